The van der Waals surface area contributed by atoms with Gasteiger partial charge >= 0.3 is 0 Å². The summed E-state index contributed by atoms with van der Waals surface area (Å²) in [5.41, 5.74) is 0. The average Bonchev–Trinajstić information content (AvgIpc) is 2.40. The van der Waals surface area contributed by atoms with Crippen LogP contribution in [0, 0.1) is 0 Å². The van der Waals surface area contributed by atoms with Gasteiger partial charge in [0.15, 0.2) is 5.82 Å². The van der Waals surface area contributed by atoms with Crippen LogP contribution in [-0.2, 0) is 20.1 Å². The fourth-order valence-electron chi connectivity index (χ4n) is 1.44. The molecule has 2 aromatic rings. The smallest absolute Gasteiger partial charge is 0.282 e. The lowest BCUT2D eigenvalue weighted by Gasteiger charge is -2.08. The number of sulfonamides is 1. The first-order chi connectivity index (χ1) is 9.70. The lowest BCUT2D eigenvalue weighted by atomic mass is 10.4. The van der Waals surface area contributed by atoms with Gasteiger partial charge in [-0.05, 0) is 36.4 Å². The van der Waals surface area contributed by atoms with Crippen LogP contribution in [0.1, 0.15) is 0 Å². The third kappa shape index (κ3) is 3.70. The van der Waals surface area contributed by atoms with E-state index in [1.165, 1.54) is 12.3 Å². The van der Waals surface area contributed by atoms with Crippen molar-refractivity contribution < 1.29 is 21.4 Å². The molecule has 0 saturated heterocycles. The number of benzene rings is 1. The maximum atomic E-state index is 12.1. The molecule has 2 N–H and O–H groups in total. The van der Waals surface area contributed by atoms with E-state index in [0.29, 0.717) is 0 Å². The Morgan fingerprint density at radius 1 is 1.00 bits per heavy atom. The predicted octanol–water partition coefficient (Wildman–Crippen LogP) is 1.78. The second kappa shape index (κ2) is 5.60. The molecule has 0 radical (unpaired) electrons. The normalized spacial score (nSPS) is 12.1. The second-order valence-electron chi connectivity index (χ2n) is 3.89. The summed E-state index contributed by atoms with van der Waals surface area (Å²) in [5, 5.41) is 0.121. The van der Waals surface area contributed by atoms with Gasteiger partial charge < -0.3 is 0 Å². The van der Waals surface area contributed by atoms with E-state index in [2.05, 4.69) is 9.71 Å². The van der Waals surface area contributed by atoms with Gasteiger partial charge in [-0.2, -0.15) is 8.42 Å². The highest BCUT2D eigenvalue weighted by Gasteiger charge is 2.18. The van der Waals surface area contributed by atoms with Crippen LogP contribution >= 0.6 is 11.6 Å². The highest BCUT2D eigenvalue weighted by Crippen LogP contribution is 2.22. The number of anilines is 1. The van der Waals surface area contributed by atoms with Crippen LogP contribution in [0.5, 0.6) is 0 Å². The van der Waals surface area contributed by atoms with Crippen molar-refractivity contribution in [2.75, 3.05) is 4.72 Å². The molecule has 0 aliphatic carbocycles. The molecule has 1 heterocycles. The highest BCUT2D eigenvalue weighted by atomic mass is 35.5. The highest BCUT2D eigenvalue weighted by molar-refractivity contribution is 7.92. The lowest BCUT2D eigenvalue weighted by molar-refractivity contribution is 0.483. The van der Waals surface area contributed by atoms with Crippen molar-refractivity contribution >= 4 is 37.6 Å². The molecule has 112 valence electrons. The van der Waals surface area contributed by atoms with Gasteiger partial charge in [0.2, 0.25) is 0 Å². The van der Waals surface area contributed by atoms with E-state index in [1.807, 2.05) is 0 Å². The molecule has 0 spiro atoms. The summed E-state index contributed by atoms with van der Waals surface area (Å²) in [6.07, 6.45) is 1.37. The quantitative estimate of drug-likeness (QED) is 0.814. The Bertz CT molecular complexity index is 864. The third-order valence-electron chi connectivity index (χ3n) is 2.42. The molecule has 0 bridgehead atoms. The molecule has 0 atom stereocenters. The van der Waals surface area contributed by atoms with Gasteiger partial charge in [0.05, 0.1) is 14.8 Å². The molecule has 0 aliphatic rings. The van der Waals surface area contributed by atoms with Crippen molar-refractivity contribution in [2.24, 2.45) is 0 Å². The number of nitrogens with zero attached hydrogens (tertiary/aromatic N) is 1. The first-order valence-corrected chi connectivity index (χ1v) is 8.71. The average molecular weight is 349 g/mol. The summed E-state index contributed by atoms with van der Waals surface area (Å²) >= 11 is 5.80. The van der Waals surface area contributed by atoms with Crippen molar-refractivity contribution in [3.05, 3.63) is 47.6 Å². The summed E-state index contributed by atoms with van der Waals surface area (Å²) in [4.78, 5) is 3.18. The van der Waals surface area contributed by atoms with Crippen LogP contribution in [-0.4, -0.2) is 26.4 Å². The molecule has 0 aliphatic heterocycles. The maximum Gasteiger partial charge on any atom is 0.294 e. The number of pyridine rings is 1. The Hall–Kier alpha value is -1.68. The topological polar surface area (TPSA) is 113 Å². The van der Waals surface area contributed by atoms with Gasteiger partial charge in [-0.15, -0.1) is 0 Å². The summed E-state index contributed by atoms with van der Waals surface area (Å²) < 4.78 is 57.0. The Balaban J connectivity index is 2.35. The Morgan fingerprint density at radius 2 is 1.57 bits per heavy atom. The minimum atomic E-state index is -4.38. The zero-order valence-electron chi connectivity index (χ0n) is 10.3. The maximum absolute atomic E-state index is 12.1. The van der Waals surface area contributed by atoms with Crippen LogP contribution < -0.4 is 4.72 Å². The van der Waals surface area contributed by atoms with Gasteiger partial charge in [0.1, 0.15) is 0 Å². The number of aromatic nitrogens is 1. The number of rotatable bonds is 4. The second-order valence-corrected chi connectivity index (χ2v) is 7.40. The Kier molecular flexibility index (Phi) is 4.19. The molecule has 0 saturated carbocycles. The molecule has 10 heteroatoms. The SMILES string of the molecule is O=S(=O)(O)c1ccc(S(=O)(=O)Nc2ncccc2Cl)cc1. The fraction of sp³-hybridized carbons (Fsp3) is 0. The lowest BCUT2D eigenvalue weighted by Crippen LogP contribution is -2.14. The van der Waals surface area contributed by atoms with Crippen LogP contribution in [0.15, 0.2) is 52.4 Å². The number of hydrogen-bond acceptors (Lipinski definition) is 5. The standard InChI is InChI=1S/C11H9ClN2O5S2/c12-10-2-1-7-13-11(10)14-20(15,16)8-3-5-9(6-4-8)21(17,18)19/h1-7H,(H,13,14)(H,17,18,19). The Morgan fingerprint density at radius 3 is 2.10 bits per heavy atom. The molecule has 0 unspecified atom stereocenters. The molecule has 1 aromatic heterocycles. The van der Waals surface area contributed by atoms with E-state index >= 15 is 0 Å². The number of nitrogens with one attached hydrogen (secondary N) is 1. The first kappa shape index (κ1) is 15.7. The minimum absolute atomic E-state index is 0.0435. The zero-order valence-corrected chi connectivity index (χ0v) is 12.7. The largest absolute Gasteiger partial charge is 0.294 e. The van der Waals surface area contributed by atoms with Crippen LogP contribution in [0.3, 0.4) is 0 Å². The molecule has 0 amide bonds. The van der Waals surface area contributed by atoms with Gasteiger partial charge in [0, 0.05) is 6.20 Å². The molecule has 0 fully saturated rings. The molecular weight excluding hydrogens is 340 g/mol. The van der Waals surface area contributed by atoms with Crippen molar-refractivity contribution in [3.8, 4) is 0 Å². The van der Waals surface area contributed by atoms with E-state index in [9.17, 15) is 16.8 Å². The Labute approximate surface area is 126 Å². The monoisotopic (exact) mass is 348 g/mol. The minimum Gasteiger partial charge on any atom is -0.282 e. The van der Waals surface area contributed by atoms with E-state index in [1.54, 1.807) is 6.07 Å². The van der Waals surface area contributed by atoms with E-state index in [4.69, 9.17) is 16.2 Å². The van der Waals surface area contributed by atoms with Crippen molar-refractivity contribution in [1.82, 2.24) is 4.98 Å². The van der Waals surface area contributed by atoms with Gasteiger partial charge in [-0.3, -0.25) is 9.27 Å². The third-order valence-corrected chi connectivity index (χ3v) is 4.95. The van der Waals surface area contributed by atoms with E-state index < -0.39 is 25.0 Å². The zero-order chi connectivity index (χ0) is 15.7. The van der Waals surface area contributed by atoms with Crippen molar-refractivity contribution in [1.29, 1.82) is 0 Å². The summed E-state index contributed by atoms with van der Waals surface area (Å²) in [5.74, 6) is -0.0435. The predicted molar refractivity (Wildman–Crippen MR) is 76.3 cm³/mol. The van der Waals surface area contributed by atoms with E-state index in [-0.39, 0.29) is 15.7 Å². The summed E-state index contributed by atoms with van der Waals surface area (Å²) in [6, 6.07) is 7.05. The van der Waals surface area contributed by atoms with Crippen molar-refractivity contribution in [2.45, 2.75) is 9.79 Å². The first-order valence-electron chi connectivity index (χ1n) is 5.41. The van der Waals surface area contributed by atoms with Gasteiger partial charge in [-0.25, -0.2) is 13.4 Å². The molecule has 7 nitrogen and oxygen atoms in total. The van der Waals surface area contributed by atoms with Gasteiger partial charge in [0.25, 0.3) is 20.1 Å². The van der Waals surface area contributed by atoms with Crippen LogP contribution in [0.25, 0.3) is 0 Å². The fourth-order valence-corrected chi connectivity index (χ4v) is 3.17. The van der Waals surface area contributed by atoms with Crippen molar-refractivity contribution in [3.63, 3.8) is 0 Å². The molecule has 1 aromatic carbocycles. The summed E-state index contributed by atoms with van der Waals surface area (Å²) in [6.45, 7) is 0. The molecule has 21 heavy (non-hydrogen) atoms. The molecule has 2 rings (SSSR count). The summed E-state index contributed by atoms with van der Waals surface area (Å²) in [7, 11) is -8.35. The van der Waals surface area contributed by atoms with Gasteiger partial charge in [-0.1, -0.05) is 11.6 Å². The van der Waals surface area contributed by atoms with Crippen LogP contribution in [0.4, 0.5) is 5.82 Å². The number of halogens is 1. The van der Waals surface area contributed by atoms with Crippen LogP contribution in [0.2, 0.25) is 5.02 Å². The van der Waals surface area contributed by atoms with E-state index in [0.717, 1.165) is 24.3 Å². The number of hydrogen-bond donors (Lipinski definition) is 2. The molecular formula is C11H9ClN2O5S2.